The minimum absolute atomic E-state index is 0.136. The highest BCUT2D eigenvalue weighted by Crippen LogP contribution is 2.28. The minimum Gasteiger partial charge on any atom is -0.493 e. The molecule has 1 aliphatic rings. The van der Waals surface area contributed by atoms with Crippen LogP contribution in [0, 0.1) is 0 Å². The zero-order chi connectivity index (χ0) is 21.3. The molecule has 0 radical (unpaired) electrons. The van der Waals surface area contributed by atoms with Crippen LogP contribution >= 0.6 is 0 Å². The number of methoxy groups -OCH3 is 1. The molecule has 2 amide bonds. The fourth-order valence-corrected chi connectivity index (χ4v) is 3.41. The van der Waals surface area contributed by atoms with Gasteiger partial charge in [0.05, 0.1) is 20.3 Å². The van der Waals surface area contributed by atoms with E-state index in [1.54, 1.807) is 18.2 Å². The number of primary amides is 1. The first-order chi connectivity index (χ1) is 14.6. The number of ether oxygens (including phenoxy) is 3. The number of carbonyl (C=O) groups is 2. The van der Waals surface area contributed by atoms with E-state index in [4.69, 9.17) is 19.9 Å². The third kappa shape index (κ3) is 5.95. The molecule has 1 heterocycles. The molecule has 8 nitrogen and oxygen atoms in total. The van der Waals surface area contributed by atoms with Crippen molar-refractivity contribution in [2.75, 3.05) is 46.6 Å². The van der Waals surface area contributed by atoms with Crippen molar-refractivity contribution >= 4 is 11.8 Å². The molecule has 160 valence electrons. The number of morpholine rings is 1. The molecule has 0 unspecified atom stereocenters. The maximum atomic E-state index is 13.0. The lowest BCUT2D eigenvalue weighted by Gasteiger charge is -2.28. The number of quaternary nitrogens is 1. The molecule has 1 aliphatic heterocycles. The fourth-order valence-electron chi connectivity index (χ4n) is 3.41. The molecule has 30 heavy (non-hydrogen) atoms. The van der Waals surface area contributed by atoms with Crippen LogP contribution in [0.1, 0.15) is 22.0 Å². The molecule has 0 spiro atoms. The molecule has 4 N–H and O–H groups in total. The van der Waals surface area contributed by atoms with Gasteiger partial charge in [-0.15, -0.1) is 0 Å². The van der Waals surface area contributed by atoms with Gasteiger partial charge in [-0.25, -0.2) is 0 Å². The van der Waals surface area contributed by atoms with E-state index in [1.165, 1.54) is 12.0 Å². The number of hydrogen-bond donors (Lipinski definition) is 3. The highest BCUT2D eigenvalue weighted by molar-refractivity contribution is 5.95. The predicted octanol–water partition coefficient (Wildman–Crippen LogP) is -0.0545. The number of carbonyl (C=O) groups excluding carboxylic acids is 2. The average Bonchev–Trinajstić information content (AvgIpc) is 2.78. The summed E-state index contributed by atoms with van der Waals surface area (Å²) in [5.74, 6) is -0.0874. The summed E-state index contributed by atoms with van der Waals surface area (Å²) in [6.45, 7) is 3.80. The topological polar surface area (TPSA) is 104 Å². The van der Waals surface area contributed by atoms with Crippen LogP contribution in [0.15, 0.2) is 48.5 Å². The molecule has 2 aromatic carbocycles. The van der Waals surface area contributed by atoms with Crippen LogP contribution in [0.25, 0.3) is 0 Å². The van der Waals surface area contributed by atoms with Crippen LogP contribution in [-0.4, -0.2) is 58.4 Å². The number of rotatable bonds is 9. The molecule has 0 aliphatic carbocycles. The Morgan fingerprint density at radius 1 is 1.13 bits per heavy atom. The molecular formula is C22H28N3O5+. The SMILES string of the molecule is COc1cc(C(=O)N[C@@H](C[NH+]2CCOCC2)c2ccccc2)ccc1OCC(N)=O. The van der Waals surface area contributed by atoms with E-state index >= 15 is 0 Å². The van der Waals surface area contributed by atoms with Crippen molar-refractivity contribution < 1.29 is 28.7 Å². The van der Waals surface area contributed by atoms with Crippen LogP contribution < -0.4 is 25.4 Å². The van der Waals surface area contributed by atoms with E-state index in [2.05, 4.69) is 5.32 Å². The van der Waals surface area contributed by atoms with E-state index in [0.29, 0.717) is 17.1 Å². The summed E-state index contributed by atoms with van der Waals surface area (Å²) in [6, 6.07) is 14.6. The Morgan fingerprint density at radius 2 is 1.87 bits per heavy atom. The third-order valence-corrected chi connectivity index (χ3v) is 5.00. The maximum Gasteiger partial charge on any atom is 0.255 e. The van der Waals surface area contributed by atoms with Crippen molar-refractivity contribution in [3.05, 3.63) is 59.7 Å². The Morgan fingerprint density at radius 3 is 2.53 bits per heavy atom. The molecule has 0 aromatic heterocycles. The summed E-state index contributed by atoms with van der Waals surface area (Å²) in [5.41, 5.74) is 6.61. The smallest absolute Gasteiger partial charge is 0.255 e. The van der Waals surface area contributed by atoms with Crippen molar-refractivity contribution in [3.63, 3.8) is 0 Å². The van der Waals surface area contributed by atoms with Gasteiger partial charge in [-0.3, -0.25) is 9.59 Å². The summed E-state index contributed by atoms with van der Waals surface area (Å²) in [6.07, 6.45) is 0. The van der Waals surface area contributed by atoms with Gasteiger partial charge in [-0.2, -0.15) is 0 Å². The first-order valence-corrected chi connectivity index (χ1v) is 9.93. The Hall–Kier alpha value is -3.10. The molecule has 1 atom stereocenters. The summed E-state index contributed by atoms with van der Waals surface area (Å²) in [5, 5.41) is 3.15. The van der Waals surface area contributed by atoms with Crippen molar-refractivity contribution in [1.82, 2.24) is 5.32 Å². The molecule has 8 heteroatoms. The average molecular weight is 414 g/mol. The van der Waals surface area contributed by atoms with Gasteiger partial charge in [0.25, 0.3) is 11.8 Å². The zero-order valence-corrected chi connectivity index (χ0v) is 17.1. The molecule has 0 bridgehead atoms. The Labute approximate surface area is 175 Å². The van der Waals surface area contributed by atoms with Gasteiger partial charge >= 0.3 is 0 Å². The van der Waals surface area contributed by atoms with Crippen molar-refractivity contribution in [3.8, 4) is 11.5 Å². The van der Waals surface area contributed by atoms with E-state index in [9.17, 15) is 9.59 Å². The quantitative estimate of drug-likeness (QED) is 0.534. The lowest BCUT2D eigenvalue weighted by molar-refractivity contribution is -0.909. The van der Waals surface area contributed by atoms with Crippen LogP contribution in [0.4, 0.5) is 0 Å². The Balaban J connectivity index is 1.75. The lowest BCUT2D eigenvalue weighted by atomic mass is 10.0. The van der Waals surface area contributed by atoms with Crippen LogP contribution in [0.3, 0.4) is 0 Å². The Kier molecular flexibility index (Phi) is 7.64. The summed E-state index contributed by atoms with van der Waals surface area (Å²) in [7, 11) is 1.47. The van der Waals surface area contributed by atoms with Crippen molar-refractivity contribution in [2.45, 2.75) is 6.04 Å². The van der Waals surface area contributed by atoms with Gasteiger partial charge in [0.1, 0.15) is 25.7 Å². The van der Waals surface area contributed by atoms with Gasteiger partial charge in [0, 0.05) is 5.56 Å². The largest absolute Gasteiger partial charge is 0.493 e. The normalized spacial score (nSPS) is 15.2. The summed E-state index contributed by atoms with van der Waals surface area (Å²) < 4.78 is 16.1. The Bertz CT molecular complexity index is 853. The highest BCUT2D eigenvalue weighted by Gasteiger charge is 2.24. The maximum absolute atomic E-state index is 13.0. The number of benzene rings is 2. The summed E-state index contributed by atoms with van der Waals surface area (Å²) in [4.78, 5) is 25.3. The highest BCUT2D eigenvalue weighted by atomic mass is 16.5. The molecule has 1 saturated heterocycles. The van der Waals surface area contributed by atoms with E-state index in [1.807, 2.05) is 30.3 Å². The van der Waals surface area contributed by atoms with Gasteiger partial charge < -0.3 is 30.2 Å². The molecule has 3 rings (SSSR count). The first-order valence-electron chi connectivity index (χ1n) is 9.93. The molecule has 2 aromatic rings. The van der Waals surface area contributed by atoms with Crippen LogP contribution in [-0.2, 0) is 9.53 Å². The number of nitrogens with two attached hydrogens (primary N) is 1. The predicted molar refractivity (Wildman–Crippen MR) is 111 cm³/mol. The van der Waals surface area contributed by atoms with Gasteiger partial charge in [-0.05, 0) is 23.8 Å². The van der Waals surface area contributed by atoms with E-state index < -0.39 is 5.91 Å². The van der Waals surface area contributed by atoms with E-state index in [-0.39, 0.29) is 18.6 Å². The fraction of sp³-hybridized carbons (Fsp3) is 0.364. The minimum atomic E-state index is -0.588. The molecule has 1 fully saturated rings. The van der Waals surface area contributed by atoms with Crippen LogP contribution in [0.5, 0.6) is 11.5 Å². The number of hydrogen-bond acceptors (Lipinski definition) is 5. The second-order valence-electron chi connectivity index (χ2n) is 7.12. The van der Waals surface area contributed by atoms with Crippen molar-refractivity contribution in [2.24, 2.45) is 5.73 Å². The summed E-state index contributed by atoms with van der Waals surface area (Å²) >= 11 is 0. The first kappa shape index (κ1) is 21.6. The third-order valence-electron chi connectivity index (χ3n) is 5.00. The number of amides is 2. The standard InChI is InChI=1S/C22H27N3O5/c1-28-20-13-17(7-8-19(20)30-15-21(23)26)22(27)24-18(16-5-3-2-4-6-16)14-25-9-11-29-12-10-25/h2-8,13,18H,9-12,14-15H2,1H3,(H2,23,26)(H,24,27)/p+1/t18-/m0/s1. The number of nitrogens with one attached hydrogen (secondary N) is 2. The zero-order valence-electron chi connectivity index (χ0n) is 17.1. The monoisotopic (exact) mass is 414 g/mol. The van der Waals surface area contributed by atoms with Gasteiger partial charge in [-0.1, -0.05) is 30.3 Å². The molecular weight excluding hydrogens is 386 g/mol. The van der Waals surface area contributed by atoms with Crippen LogP contribution in [0.2, 0.25) is 0 Å². The second-order valence-corrected chi connectivity index (χ2v) is 7.12. The van der Waals surface area contributed by atoms with Gasteiger partial charge in [0.2, 0.25) is 0 Å². The van der Waals surface area contributed by atoms with Gasteiger partial charge in [0.15, 0.2) is 18.1 Å². The second kappa shape index (κ2) is 10.6. The lowest BCUT2D eigenvalue weighted by Crippen LogP contribution is -3.14. The van der Waals surface area contributed by atoms with Crippen molar-refractivity contribution in [1.29, 1.82) is 0 Å². The van der Waals surface area contributed by atoms with E-state index in [0.717, 1.165) is 38.4 Å². The molecule has 0 saturated carbocycles.